The quantitative estimate of drug-likeness (QED) is 0.544. The summed E-state index contributed by atoms with van der Waals surface area (Å²) in [6.07, 6.45) is 1.52. The van der Waals surface area contributed by atoms with E-state index in [1.54, 1.807) is 0 Å². The highest BCUT2D eigenvalue weighted by molar-refractivity contribution is 5.88. The molecule has 0 aliphatic carbocycles. The zero-order valence-electron chi connectivity index (χ0n) is 6.25. The summed E-state index contributed by atoms with van der Waals surface area (Å²) in [5.41, 5.74) is 5.07. The molecule has 0 spiro atoms. The molecule has 1 aliphatic heterocycles. The van der Waals surface area contributed by atoms with Gasteiger partial charge in [0.2, 0.25) is 11.8 Å². The molecule has 1 rings (SSSR count). The van der Waals surface area contributed by atoms with Crippen LogP contribution in [0.3, 0.4) is 0 Å². The Bertz CT molecular complexity index is 171. The van der Waals surface area contributed by atoms with Crippen LogP contribution in [0.4, 0.5) is 0 Å². The van der Waals surface area contributed by atoms with Crippen molar-refractivity contribution in [1.29, 1.82) is 0 Å². The van der Waals surface area contributed by atoms with Crippen LogP contribution in [0.5, 0.6) is 0 Å². The molecular weight excluding hydrogens is 144 g/mol. The number of amides is 2. The Morgan fingerprint density at radius 3 is 2.55 bits per heavy atom. The molecule has 4 nitrogen and oxygen atoms in total. The van der Waals surface area contributed by atoms with Gasteiger partial charge in [0.25, 0.3) is 0 Å². The molecule has 1 atom stereocenters. The first-order valence-corrected chi connectivity index (χ1v) is 3.55. The average Bonchev–Trinajstić information content (AvgIpc) is 2.32. The van der Waals surface area contributed by atoms with Gasteiger partial charge in [0.15, 0.2) is 0 Å². The Kier molecular flexibility index (Phi) is 2.12. The third-order valence-corrected chi connectivity index (χ3v) is 1.90. The van der Waals surface area contributed by atoms with Crippen LogP contribution in [0.2, 0.25) is 0 Å². The van der Waals surface area contributed by atoms with Gasteiger partial charge in [0.05, 0.1) is 0 Å². The first kappa shape index (κ1) is 8.04. The number of hydrogen-bond donors (Lipinski definition) is 1. The maximum atomic E-state index is 10.8. The predicted octanol–water partition coefficient (Wildman–Crippen LogP) is -0.703. The summed E-state index contributed by atoms with van der Waals surface area (Å²) in [4.78, 5) is 22.9. The van der Waals surface area contributed by atoms with Crippen molar-refractivity contribution in [2.45, 2.75) is 18.9 Å². The summed E-state index contributed by atoms with van der Waals surface area (Å²) in [6, 6.07) is -0.417. The van der Waals surface area contributed by atoms with Gasteiger partial charge in [-0.3, -0.25) is 9.59 Å². The third kappa shape index (κ3) is 1.50. The Hall–Kier alpha value is -1.06. The van der Waals surface area contributed by atoms with Crippen LogP contribution in [-0.4, -0.2) is 29.3 Å². The topological polar surface area (TPSA) is 63.4 Å². The van der Waals surface area contributed by atoms with E-state index in [0.717, 1.165) is 6.42 Å². The number of nitrogens with two attached hydrogens (primary N) is 1. The summed E-state index contributed by atoms with van der Waals surface area (Å²) < 4.78 is 0. The summed E-state index contributed by atoms with van der Waals surface area (Å²) in [5, 5.41) is 0. The summed E-state index contributed by atoms with van der Waals surface area (Å²) >= 11 is 0. The van der Waals surface area contributed by atoms with Crippen LogP contribution in [0.1, 0.15) is 12.8 Å². The van der Waals surface area contributed by atoms with Gasteiger partial charge in [0, 0.05) is 13.5 Å². The molecule has 11 heavy (non-hydrogen) atoms. The van der Waals surface area contributed by atoms with Gasteiger partial charge in [-0.1, -0.05) is 0 Å². The van der Waals surface area contributed by atoms with Gasteiger partial charge in [-0.25, -0.2) is 0 Å². The Labute approximate surface area is 65.3 Å². The van der Waals surface area contributed by atoms with E-state index < -0.39 is 11.9 Å². The average molecular weight is 155 g/mol. The molecular formula is C7H11N2O2. The first-order valence-electron chi connectivity index (χ1n) is 3.55. The van der Waals surface area contributed by atoms with Gasteiger partial charge in [-0.05, 0) is 12.8 Å². The molecule has 0 bridgehead atoms. The molecule has 2 amide bonds. The molecule has 0 aromatic heterocycles. The van der Waals surface area contributed by atoms with Crippen molar-refractivity contribution in [2.75, 3.05) is 6.54 Å². The fraction of sp³-hybridized carbons (Fsp3) is 0.571. The molecule has 0 saturated carbocycles. The molecule has 1 aliphatic rings. The lowest BCUT2D eigenvalue weighted by molar-refractivity contribution is -0.133. The standard InChI is InChI=1S/C7H11N2O2/c1-5(10)9-4-2-3-6(9)7(8)11/h6H,1-4H2,(H2,8,11). The Morgan fingerprint density at radius 1 is 1.55 bits per heavy atom. The van der Waals surface area contributed by atoms with Crippen molar-refractivity contribution in [1.82, 2.24) is 4.90 Å². The molecule has 1 saturated heterocycles. The molecule has 2 N–H and O–H groups in total. The molecule has 4 heteroatoms. The number of carbonyl (C=O) groups excluding carboxylic acids is 2. The number of nitrogens with zero attached hydrogens (tertiary/aromatic N) is 1. The van der Waals surface area contributed by atoms with Crippen LogP contribution in [0, 0.1) is 6.92 Å². The van der Waals surface area contributed by atoms with Crippen LogP contribution in [0.25, 0.3) is 0 Å². The lowest BCUT2D eigenvalue weighted by Gasteiger charge is -2.19. The van der Waals surface area contributed by atoms with Crippen molar-refractivity contribution in [2.24, 2.45) is 5.73 Å². The third-order valence-electron chi connectivity index (χ3n) is 1.90. The number of likely N-dealkylation sites (tertiary alicyclic amines) is 1. The number of rotatable bonds is 1. The number of carbonyl (C=O) groups is 2. The maximum absolute atomic E-state index is 10.8. The molecule has 1 unspecified atom stereocenters. The summed E-state index contributed by atoms with van der Waals surface area (Å²) in [7, 11) is 0. The second-order valence-corrected chi connectivity index (χ2v) is 2.65. The van der Waals surface area contributed by atoms with Crippen molar-refractivity contribution >= 4 is 11.8 Å². The fourth-order valence-corrected chi connectivity index (χ4v) is 1.36. The van der Waals surface area contributed by atoms with E-state index in [1.807, 2.05) is 0 Å². The Morgan fingerprint density at radius 2 is 2.18 bits per heavy atom. The molecule has 61 valence electrons. The second kappa shape index (κ2) is 2.90. The molecule has 1 radical (unpaired) electrons. The Balaban J connectivity index is 2.65. The second-order valence-electron chi connectivity index (χ2n) is 2.65. The normalized spacial score (nSPS) is 23.7. The first-order chi connectivity index (χ1) is 5.13. The molecule has 1 fully saturated rings. The summed E-state index contributed by atoms with van der Waals surface area (Å²) in [5.74, 6) is -0.745. The van der Waals surface area contributed by atoms with Crippen molar-refractivity contribution in [3.05, 3.63) is 6.92 Å². The highest BCUT2D eigenvalue weighted by Crippen LogP contribution is 2.16. The minimum Gasteiger partial charge on any atom is -0.368 e. The van der Waals surface area contributed by atoms with Gasteiger partial charge < -0.3 is 10.6 Å². The highest BCUT2D eigenvalue weighted by atomic mass is 16.2. The SMILES string of the molecule is [CH2]C(=O)N1CCCC1C(N)=O. The zero-order chi connectivity index (χ0) is 8.43. The van der Waals surface area contributed by atoms with Crippen LogP contribution >= 0.6 is 0 Å². The summed E-state index contributed by atoms with van der Waals surface area (Å²) in [6.45, 7) is 3.84. The van der Waals surface area contributed by atoms with Crippen molar-refractivity contribution in [3.63, 3.8) is 0 Å². The van der Waals surface area contributed by atoms with Gasteiger partial charge in [0.1, 0.15) is 6.04 Å². The minimum atomic E-state index is -0.431. The molecule has 0 aromatic carbocycles. The van der Waals surface area contributed by atoms with E-state index in [0.29, 0.717) is 13.0 Å². The largest absolute Gasteiger partial charge is 0.368 e. The van der Waals surface area contributed by atoms with Crippen LogP contribution in [0.15, 0.2) is 0 Å². The fourth-order valence-electron chi connectivity index (χ4n) is 1.36. The van der Waals surface area contributed by atoms with Crippen molar-refractivity contribution < 1.29 is 9.59 Å². The maximum Gasteiger partial charge on any atom is 0.240 e. The number of primary amides is 1. The van der Waals surface area contributed by atoms with E-state index in [1.165, 1.54) is 4.90 Å². The predicted molar refractivity (Wildman–Crippen MR) is 39.3 cm³/mol. The lowest BCUT2D eigenvalue weighted by atomic mass is 10.2. The monoisotopic (exact) mass is 155 g/mol. The minimum absolute atomic E-state index is 0.314. The van der Waals surface area contributed by atoms with E-state index in [9.17, 15) is 9.59 Å². The van der Waals surface area contributed by atoms with E-state index in [2.05, 4.69) is 6.92 Å². The molecule has 0 aromatic rings. The highest BCUT2D eigenvalue weighted by Gasteiger charge is 2.30. The van der Waals surface area contributed by atoms with Crippen molar-refractivity contribution in [3.8, 4) is 0 Å². The van der Waals surface area contributed by atoms with E-state index >= 15 is 0 Å². The smallest absolute Gasteiger partial charge is 0.240 e. The van der Waals surface area contributed by atoms with E-state index in [4.69, 9.17) is 5.73 Å². The lowest BCUT2D eigenvalue weighted by Crippen LogP contribution is -2.42. The van der Waals surface area contributed by atoms with Gasteiger partial charge in [-0.2, -0.15) is 0 Å². The van der Waals surface area contributed by atoms with E-state index in [-0.39, 0.29) is 5.91 Å². The van der Waals surface area contributed by atoms with Crippen LogP contribution in [-0.2, 0) is 9.59 Å². The number of hydrogen-bond acceptors (Lipinski definition) is 2. The molecule has 1 heterocycles. The van der Waals surface area contributed by atoms with Gasteiger partial charge in [-0.15, -0.1) is 0 Å². The van der Waals surface area contributed by atoms with Crippen LogP contribution < -0.4 is 5.73 Å². The zero-order valence-corrected chi connectivity index (χ0v) is 6.25. The van der Waals surface area contributed by atoms with Gasteiger partial charge >= 0.3 is 0 Å².